The fourth-order valence-corrected chi connectivity index (χ4v) is 2.30. The fraction of sp³-hybridized carbons (Fsp3) is 0.333. The molecule has 2 aromatic rings. The molecular formula is C21H26N2O5. The van der Waals surface area contributed by atoms with E-state index in [1.165, 1.54) is 0 Å². The lowest BCUT2D eigenvalue weighted by Gasteiger charge is -2.10. The van der Waals surface area contributed by atoms with Crippen LogP contribution < -0.4 is 20.1 Å². The quantitative estimate of drug-likeness (QED) is 0.511. The Morgan fingerprint density at radius 1 is 0.929 bits per heavy atom. The minimum atomic E-state index is -0.421. The number of methoxy groups -OCH3 is 1. The number of benzene rings is 2. The summed E-state index contributed by atoms with van der Waals surface area (Å²) in [5, 5.41) is 5.50. The van der Waals surface area contributed by atoms with Crippen molar-refractivity contribution in [1.29, 1.82) is 0 Å². The second kappa shape index (κ2) is 10.8. The number of ether oxygens (including phenoxy) is 3. The Balaban J connectivity index is 1.71. The SMILES string of the molecule is COc1ccc(OCCOC(=O)c2ccc(CNC(=O)NC(C)C)cc2)cc1. The van der Waals surface area contributed by atoms with Gasteiger partial charge in [0.25, 0.3) is 0 Å². The van der Waals surface area contributed by atoms with Crippen molar-refractivity contribution in [3.63, 3.8) is 0 Å². The van der Waals surface area contributed by atoms with Crippen molar-refractivity contribution in [1.82, 2.24) is 10.6 Å². The van der Waals surface area contributed by atoms with Gasteiger partial charge in [0.1, 0.15) is 24.7 Å². The maximum absolute atomic E-state index is 12.1. The van der Waals surface area contributed by atoms with Gasteiger partial charge in [-0.15, -0.1) is 0 Å². The van der Waals surface area contributed by atoms with Crippen molar-refractivity contribution in [2.75, 3.05) is 20.3 Å². The molecular weight excluding hydrogens is 360 g/mol. The summed E-state index contributed by atoms with van der Waals surface area (Å²) in [4.78, 5) is 23.6. The Labute approximate surface area is 165 Å². The average Bonchev–Trinajstić information content (AvgIpc) is 2.70. The first-order chi connectivity index (χ1) is 13.5. The van der Waals surface area contributed by atoms with Crippen LogP contribution in [0.1, 0.15) is 29.8 Å². The van der Waals surface area contributed by atoms with Crippen molar-refractivity contribution in [2.45, 2.75) is 26.4 Å². The monoisotopic (exact) mass is 386 g/mol. The van der Waals surface area contributed by atoms with E-state index < -0.39 is 5.97 Å². The zero-order valence-electron chi connectivity index (χ0n) is 16.4. The van der Waals surface area contributed by atoms with Crippen molar-refractivity contribution in [2.24, 2.45) is 0 Å². The highest BCUT2D eigenvalue weighted by atomic mass is 16.6. The third-order valence-corrected chi connectivity index (χ3v) is 3.71. The first kappa shape index (κ1) is 21.1. The summed E-state index contributed by atoms with van der Waals surface area (Å²) < 4.78 is 15.8. The molecule has 0 aliphatic rings. The Bertz CT molecular complexity index is 757. The van der Waals surface area contributed by atoms with Crippen LogP contribution in [-0.4, -0.2) is 38.4 Å². The molecule has 0 aliphatic heterocycles. The molecule has 0 saturated heterocycles. The number of nitrogens with one attached hydrogen (secondary N) is 2. The third kappa shape index (κ3) is 7.19. The summed E-state index contributed by atoms with van der Waals surface area (Å²) in [5.74, 6) is 1.00. The van der Waals surface area contributed by atoms with E-state index in [0.717, 1.165) is 11.3 Å². The Hall–Kier alpha value is -3.22. The van der Waals surface area contributed by atoms with Crippen molar-refractivity contribution in [3.8, 4) is 11.5 Å². The predicted molar refractivity (Wildman–Crippen MR) is 106 cm³/mol. The molecule has 0 heterocycles. The largest absolute Gasteiger partial charge is 0.497 e. The molecule has 0 aromatic heterocycles. The van der Waals surface area contributed by atoms with Crippen molar-refractivity contribution < 1.29 is 23.8 Å². The highest BCUT2D eigenvalue weighted by Crippen LogP contribution is 2.16. The van der Waals surface area contributed by atoms with E-state index in [9.17, 15) is 9.59 Å². The number of amides is 2. The van der Waals surface area contributed by atoms with E-state index in [1.807, 2.05) is 13.8 Å². The number of carbonyl (C=O) groups excluding carboxylic acids is 2. The number of hydrogen-bond donors (Lipinski definition) is 2. The van der Waals surface area contributed by atoms with Gasteiger partial charge in [-0.1, -0.05) is 12.1 Å². The number of urea groups is 1. The van der Waals surface area contributed by atoms with Gasteiger partial charge in [0.05, 0.1) is 12.7 Å². The maximum Gasteiger partial charge on any atom is 0.338 e. The molecule has 0 fully saturated rings. The lowest BCUT2D eigenvalue weighted by molar-refractivity contribution is 0.0450. The van der Waals surface area contributed by atoms with Crippen LogP contribution in [0.2, 0.25) is 0 Å². The molecule has 0 unspecified atom stereocenters. The van der Waals surface area contributed by atoms with Gasteiger partial charge in [-0.3, -0.25) is 0 Å². The highest BCUT2D eigenvalue weighted by Gasteiger charge is 2.08. The van der Waals surface area contributed by atoms with Gasteiger partial charge in [0.15, 0.2) is 0 Å². The van der Waals surface area contributed by atoms with E-state index in [-0.39, 0.29) is 25.3 Å². The molecule has 7 heteroatoms. The van der Waals surface area contributed by atoms with Crippen molar-refractivity contribution in [3.05, 3.63) is 59.7 Å². The molecule has 2 aromatic carbocycles. The Morgan fingerprint density at radius 2 is 1.57 bits per heavy atom. The Morgan fingerprint density at radius 3 is 2.18 bits per heavy atom. The molecule has 28 heavy (non-hydrogen) atoms. The van der Waals surface area contributed by atoms with E-state index in [2.05, 4.69) is 10.6 Å². The molecule has 2 N–H and O–H groups in total. The number of esters is 1. The van der Waals surface area contributed by atoms with Crippen LogP contribution in [0.15, 0.2) is 48.5 Å². The summed E-state index contributed by atoms with van der Waals surface area (Å²) in [6.45, 7) is 4.56. The van der Waals surface area contributed by atoms with Gasteiger partial charge in [-0.05, 0) is 55.8 Å². The van der Waals surface area contributed by atoms with Crippen molar-refractivity contribution >= 4 is 12.0 Å². The van der Waals surface area contributed by atoms with Crippen LogP contribution in [0.25, 0.3) is 0 Å². The summed E-state index contributed by atoms with van der Waals surface area (Å²) in [7, 11) is 1.60. The molecule has 0 spiro atoms. The Kier molecular flexibility index (Phi) is 8.14. The standard InChI is InChI=1S/C21H26N2O5/c1-15(2)23-21(25)22-14-16-4-6-17(7-5-16)20(24)28-13-12-27-19-10-8-18(26-3)9-11-19/h4-11,15H,12-14H2,1-3H3,(H2,22,23,25). The molecule has 7 nitrogen and oxygen atoms in total. The summed E-state index contributed by atoms with van der Waals surface area (Å²) in [5.41, 5.74) is 1.33. The van der Waals surface area contributed by atoms with Gasteiger partial charge in [-0.2, -0.15) is 0 Å². The minimum absolute atomic E-state index is 0.0749. The topological polar surface area (TPSA) is 85.9 Å². The third-order valence-electron chi connectivity index (χ3n) is 3.71. The molecule has 0 aliphatic carbocycles. The lowest BCUT2D eigenvalue weighted by atomic mass is 10.1. The second-order valence-electron chi connectivity index (χ2n) is 6.34. The molecule has 0 bridgehead atoms. The fourth-order valence-electron chi connectivity index (χ4n) is 2.30. The van der Waals surface area contributed by atoms with Crippen LogP contribution in [0.3, 0.4) is 0 Å². The first-order valence-electron chi connectivity index (χ1n) is 9.05. The van der Waals surface area contributed by atoms with E-state index in [4.69, 9.17) is 14.2 Å². The molecule has 2 rings (SSSR count). The van der Waals surface area contributed by atoms with E-state index >= 15 is 0 Å². The van der Waals surface area contributed by atoms with E-state index in [1.54, 1.807) is 55.6 Å². The zero-order chi connectivity index (χ0) is 20.4. The zero-order valence-corrected chi connectivity index (χ0v) is 16.4. The summed E-state index contributed by atoms with van der Waals surface area (Å²) in [6, 6.07) is 13.9. The van der Waals surface area contributed by atoms with Gasteiger partial charge < -0.3 is 24.8 Å². The average molecular weight is 386 g/mol. The maximum atomic E-state index is 12.1. The lowest BCUT2D eigenvalue weighted by Crippen LogP contribution is -2.39. The minimum Gasteiger partial charge on any atom is -0.497 e. The molecule has 2 amide bonds. The smallest absolute Gasteiger partial charge is 0.338 e. The van der Waals surface area contributed by atoms with Gasteiger partial charge in [0.2, 0.25) is 0 Å². The predicted octanol–water partition coefficient (Wildman–Crippen LogP) is 3.14. The molecule has 0 saturated carbocycles. The van der Waals surface area contributed by atoms with Gasteiger partial charge in [0, 0.05) is 12.6 Å². The van der Waals surface area contributed by atoms with Crippen LogP contribution in [-0.2, 0) is 11.3 Å². The van der Waals surface area contributed by atoms with Gasteiger partial charge in [-0.25, -0.2) is 9.59 Å². The highest BCUT2D eigenvalue weighted by molar-refractivity contribution is 5.89. The van der Waals surface area contributed by atoms with Gasteiger partial charge >= 0.3 is 12.0 Å². The number of hydrogen-bond acceptors (Lipinski definition) is 5. The van der Waals surface area contributed by atoms with Crippen LogP contribution in [0.4, 0.5) is 4.79 Å². The molecule has 0 atom stereocenters. The number of rotatable bonds is 9. The summed E-state index contributed by atoms with van der Waals surface area (Å²) in [6.07, 6.45) is 0. The second-order valence-corrected chi connectivity index (χ2v) is 6.34. The molecule has 0 radical (unpaired) electrons. The summed E-state index contributed by atoms with van der Waals surface area (Å²) >= 11 is 0. The van der Waals surface area contributed by atoms with Crippen LogP contribution in [0.5, 0.6) is 11.5 Å². The van der Waals surface area contributed by atoms with Crippen LogP contribution >= 0.6 is 0 Å². The van der Waals surface area contributed by atoms with Crippen LogP contribution in [0, 0.1) is 0 Å². The first-order valence-corrected chi connectivity index (χ1v) is 9.05. The normalized spacial score (nSPS) is 10.3. The number of carbonyl (C=O) groups is 2. The molecule has 150 valence electrons. The van der Waals surface area contributed by atoms with E-state index in [0.29, 0.717) is 17.9 Å².